The summed E-state index contributed by atoms with van der Waals surface area (Å²) in [5.41, 5.74) is 0. The van der Waals surface area contributed by atoms with Gasteiger partial charge >= 0.3 is 5.97 Å². The molecule has 0 aromatic heterocycles. The second-order valence-electron chi connectivity index (χ2n) is 3.01. The minimum Gasteiger partial charge on any atom is -0.480 e. The van der Waals surface area contributed by atoms with Crippen LogP contribution in [0, 0.1) is 0 Å². The summed E-state index contributed by atoms with van der Waals surface area (Å²) in [7, 11) is 0. The van der Waals surface area contributed by atoms with Crippen molar-refractivity contribution in [3.8, 4) is 0 Å². The largest absolute Gasteiger partial charge is 0.480 e. The number of piperidine rings is 1. The van der Waals surface area contributed by atoms with Gasteiger partial charge in [-0.05, 0) is 26.2 Å². The molecule has 0 amide bonds. The van der Waals surface area contributed by atoms with Crippen LogP contribution in [-0.2, 0) is 4.79 Å². The molecule has 1 saturated heterocycles. The van der Waals surface area contributed by atoms with Gasteiger partial charge in [0, 0.05) is 6.04 Å². The molecule has 11 heavy (non-hydrogen) atoms. The van der Waals surface area contributed by atoms with Crippen LogP contribution in [0.15, 0.2) is 0 Å². The summed E-state index contributed by atoms with van der Waals surface area (Å²) in [4.78, 5) is 10.5. The van der Waals surface area contributed by atoms with Crippen LogP contribution in [0.4, 0.5) is 0 Å². The minimum absolute atomic E-state index is 0.0233. The maximum absolute atomic E-state index is 10.5. The van der Waals surface area contributed by atoms with E-state index < -0.39 is 12.0 Å². The predicted molar refractivity (Wildman–Crippen MR) is 38.4 cm³/mol. The summed E-state index contributed by atoms with van der Waals surface area (Å²) in [5.74, 6) is -0.931. The van der Waals surface area contributed by atoms with E-state index in [4.69, 9.17) is 5.11 Å². The molecular formula is C7H13NO3. The smallest absolute Gasteiger partial charge is 0.323 e. The highest BCUT2D eigenvalue weighted by Crippen LogP contribution is 2.20. The van der Waals surface area contributed by atoms with Gasteiger partial charge in [-0.2, -0.15) is 5.06 Å². The number of aliphatic carboxylic acids is 1. The first-order chi connectivity index (χ1) is 5.13. The van der Waals surface area contributed by atoms with Crippen LogP contribution in [0.5, 0.6) is 0 Å². The van der Waals surface area contributed by atoms with Crippen LogP contribution < -0.4 is 0 Å². The second-order valence-corrected chi connectivity index (χ2v) is 3.01. The van der Waals surface area contributed by atoms with Gasteiger partial charge in [0.15, 0.2) is 0 Å². The van der Waals surface area contributed by atoms with E-state index in [-0.39, 0.29) is 6.04 Å². The molecule has 1 aliphatic heterocycles. The Morgan fingerprint density at radius 3 is 2.64 bits per heavy atom. The van der Waals surface area contributed by atoms with Crippen molar-refractivity contribution < 1.29 is 15.1 Å². The predicted octanol–water partition coefficient (Wildman–Crippen LogP) is 0.703. The molecule has 1 fully saturated rings. The van der Waals surface area contributed by atoms with Crippen molar-refractivity contribution in [3.63, 3.8) is 0 Å². The fourth-order valence-corrected chi connectivity index (χ4v) is 1.41. The molecule has 0 bridgehead atoms. The first kappa shape index (κ1) is 8.49. The Kier molecular flexibility index (Phi) is 2.46. The molecule has 0 radical (unpaired) electrons. The molecule has 0 saturated carbocycles. The number of rotatable bonds is 1. The molecule has 1 rings (SSSR count). The lowest BCUT2D eigenvalue weighted by molar-refractivity contribution is -0.191. The summed E-state index contributed by atoms with van der Waals surface area (Å²) in [6.45, 7) is 1.83. The van der Waals surface area contributed by atoms with Gasteiger partial charge in [-0.25, -0.2) is 0 Å². The molecule has 2 unspecified atom stereocenters. The lowest BCUT2D eigenvalue weighted by Crippen LogP contribution is -2.47. The third-order valence-corrected chi connectivity index (χ3v) is 2.16. The van der Waals surface area contributed by atoms with Gasteiger partial charge in [0.25, 0.3) is 0 Å². The third kappa shape index (κ3) is 1.70. The Morgan fingerprint density at radius 2 is 2.18 bits per heavy atom. The SMILES string of the molecule is CC1CCCC(C(=O)O)N1O. The molecule has 1 aliphatic rings. The number of hydroxylamine groups is 2. The minimum atomic E-state index is -0.931. The molecule has 2 N–H and O–H groups in total. The average Bonchev–Trinajstić information content (AvgIpc) is 1.94. The van der Waals surface area contributed by atoms with Crippen LogP contribution in [0.2, 0.25) is 0 Å². The highest BCUT2D eigenvalue weighted by Gasteiger charge is 2.31. The Hall–Kier alpha value is -0.610. The van der Waals surface area contributed by atoms with Crippen molar-refractivity contribution in [1.82, 2.24) is 5.06 Å². The zero-order chi connectivity index (χ0) is 8.43. The number of hydrogen-bond acceptors (Lipinski definition) is 3. The Morgan fingerprint density at radius 1 is 1.55 bits per heavy atom. The lowest BCUT2D eigenvalue weighted by Gasteiger charge is -2.32. The van der Waals surface area contributed by atoms with Gasteiger partial charge in [-0.15, -0.1) is 0 Å². The van der Waals surface area contributed by atoms with Crippen molar-refractivity contribution in [2.24, 2.45) is 0 Å². The average molecular weight is 159 g/mol. The summed E-state index contributed by atoms with van der Waals surface area (Å²) in [6.07, 6.45) is 2.31. The Bertz CT molecular complexity index is 160. The van der Waals surface area contributed by atoms with Crippen molar-refractivity contribution >= 4 is 5.97 Å². The maximum Gasteiger partial charge on any atom is 0.323 e. The molecule has 2 atom stereocenters. The maximum atomic E-state index is 10.5. The molecule has 1 heterocycles. The number of hydrogen-bond donors (Lipinski definition) is 2. The van der Waals surface area contributed by atoms with E-state index in [9.17, 15) is 10.0 Å². The summed E-state index contributed by atoms with van der Waals surface area (Å²) in [6, 6.07) is -0.719. The standard InChI is InChI=1S/C7H13NO3/c1-5-3-2-4-6(7(9)10)8(5)11/h5-6,11H,2-4H2,1H3,(H,9,10). The van der Waals surface area contributed by atoms with Crippen LogP contribution in [0.1, 0.15) is 26.2 Å². The topological polar surface area (TPSA) is 60.8 Å². The second kappa shape index (κ2) is 3.19. The van der Waals surface area contributed by atoms with E-state index in [1.54, 1.807) is 0 Å². The number of carboxylic acids is 1. The van der Waals surface area contributed by atoms with Gasteiger partial charge in [0.2, 0.25) is 0 Å². The van der Waals surface area contributed by atoms with E-state index in [1.807, 2.05) is 6.92 Å². The first-order valence-corrected chi connectivity index (χ1v) is 3.83. The van der Waals surface area contributed by atoms with E-state index in [1.165, 1.54) is 0 Å². The van der Waals surface area contributed by atoms with E-state index in [0.717, 1.165) is 17.9 Å². The molecule has 4 heteroatoms. The van der Waals surface area contributed by atoms with Crippen LogP contribution in [0.3, 0.4) is 0 Å². The molecule has 0 spiro atoms. The fraction of sp³-hybridized carbons (Fsp3) is 0.857. The van der Waals surface area contributed by atoms with Gasteiger partial charge in [-0.3, -0.25) is 4.79 Å². The normalized spacial score (nSPS) is 33.6. The molecule has 0 aromatic carbocycles. The molecule has 0 aromatic rings. The molecule has 64 valence electrons. The highest BCUT2D eigenvalue weighted by atomic mass is 16.5. The number of carbonyl (C=O) groups is 1. The summed E-state index contributed by atoms with van der Waals surface area (Å²) >= 11 is 0. The van der Waals surface area contributed by atoms with Crippen LogP contribution in [0.25, 0.3) is 0 Å². The van der Waals surface area contributed by atoms with E-state index in [2.05, 4.69) is 0 Å². The quantitative estimate of drug-likeness (QED) is 0.591. The number of carboxylic acid groups (broad SMARTS) is 1. The highest BCUT2D eigenvalue weighted by molar-refractivity contribution is 5.73. The fourth-order valence-electron chi connectivity index (χ4n) is 1.41. The van der Waals surface area contributed by atoms with Gasteiger partial charge in [-0.1, -0.05) is 0 Å². The lowest BCUT2D eigenvalue weighted by atomic mass is 9.99. The van der Waals surface area contributed by atoms with Crippen molar-refractivity contribution in [1.29, 1.82) is 0 Å². The monoisotopic (exact) mass is 159 g/mol. The molecule has 4 nitrogen and oxygen atoms in total. The van der Waals surface area contributed by atoms with Crippen LogP contribution in [-0.4, -0.2) is 33.4 Å². The summed E-state index contributed by atoms with van der Waals surface area (Å²) in [5, 5.41) is 18.8. The van der Waals surface area contributed by atoms with Crippen LogP contribution >= 0.6 is 0 Å². The van der Waals surface area contributed by atoms with Gasteiger partial charge < -0.3 is 10.3 Å². The Labute approximate surface area is 65.4 Å². The van der Waals surface area contributed by atoms with E-state index >= 15 is 0 Å². The Balaban J connectivity index is 2.58. The zero-order valence-electron chi connectivity index (χ0n) is 6.53. The van der Waals surface area contributed by atoms with Gasteiger partial charge in [0.1, 0.15) is 6.04 Å². The van der Waals surface area contributed by atoms with Crippen molar-refractivity contribution in [2.45, 2.75) is 38.3 Å². The van der Waals surface area contributed by atoms with E-state index in [0.29, 0.717) is 6.42 Å². The first-order valence-electron chi connectivity index (χ1n) is 3.83. The summed E-state index contributed by atoms with van der Waals surface area (Å²) < 4.78 is 0. The third-order valence-electron chi connectivity index (χ3n) is 2.16. The zero-order valence-corrected chi connectivity index (χ0v) is 6.53. The molecule has 0 aliphatic carbocycles. The number of nitrogens with zero attached hydrogens (tertiary/aromatic N) is 1. The molecular weight excluding hydrogens is 146 g/mol. The van der Waals surface area contributed by atoms with Crippen molar-refractivity contribution in [2.75, 3.05) is 0 Å². The van der Waals surface area contributed by atoms with Gasteiger partial charge in [0.05, 0.1) is 0 Å². The van der Waals surface area contributed by atoms with Crippen molar-refractivity contribution in [3.05, 3.63) is 0 Å².